The summed E-state index contributed by atoms with van der Waals surface area (Å²) in [7, 11) is 3.39. The molecule has 20 heavy (non-hydrogen) atoms. The molecule has 0 spiro atoms. The monoisotopic (exact) mass is 273 g/mol. The van der Waals surface area contributed by atoms with Crippen LogP contribution in [0.4, 0.5) is 15.8 Å². The van der Waals surface area contributed by atoms with Crippen LogP contribution in [0.25, 0.3) is 0 Å². The second-order valence-corrected chi connectivity index (χ2v) is 4.30. The highest BCUT2D eigenvalue weighted by Crippen LogP contribution is 2.29. The Balaban J connectivity index is 2.44. The minimum atomic E-state index is -0.504. The van der Waals surface area contributed by atoms with Crippen molar-refractivity contribution in [3.8, 4) is 5.75 Å². The number of nitrogen functional groups attached to an aromatic ring is 1. The van der Waals surface area contributed by atoms with Crippen molar-refractivity contribution < 1.29 is 9.13 Å². The predicted molar refractivity (Wildman–Crippen MR) is 78.5 cm³/mol. The van der Waals surface area contributed by atoms with Crippen molar-refractivity contribution in [3.63, 3.8) is 0 Å². The van der Waals surface area contributed by atoms with Gasteiger partial charge in [-0.3, -0.25) is 5.41 Å². The van der Waals surface area contributed by atoms with Gasteiger partial charge in [-0.2, -0.15) is 0 Å². The first-order valence-corrected chi connectivity index (χ1v) is 6.05. The number of amidine groups is 1. The number of hydrogen-bond acceptors (Lipinski definition) is 3. The molecule has 0 unspecified atom stereocenters. The fourth-order valence-corrected chi connectivity index (χ4v) is 2.00. The van der Waals surface area contributed by atoms with Crippen molar-refractivity contribution in [1.29, 1.82) is 5.41 Å². The van der Waals surface area contributed by atoms with Gasteiger partial charge < -0.3 is 15.4 Å². The van der Waals surface area contributed by atoms with Crippen molar-refractivity contribution in [3.05, 3.63) is 53.8 Å². The van der Waals surface area contributed by atoms with Crippen molar-refractivity contribution >= 4 is 17.2 Å². The van der Waals surface area contributed by atoms with Gasteiger partial charge in [0.1, 0.15) is 17.4 Å². The number of anilines is 2. The molecular formula is C15H16FN3O. The second kappa shape index (κ2) is 5.61. The van der Waals surface area contributed by atoms with Crippen LogP contribution in [-0.4, -0.2) is 20.0 Å². The van der Waals surface area contributed by atoms with Crippen LogP contribution in [0.1, 0.15) is 5.56 Å². The molecule has 4 nitrogen and oxygen atoms in total. The third-order valence-corrected chi connectivity index (χ3v) is 3.08. The van der Waals surface area contributed by atoms with Crippen LogP contribution < -0.4 is 15.4 Å². The summed E-state index contributed by atoms with van der Waals surface area (Å²) >= 11 is 0. The summed E-state index contributed by atoms with van der Waals surface area (Å²) < 4.78 is 18.9. The average Bonchev–Trinajstić information content (AvgIpc) is 2.46. The molecule has 3 N–H and O–H groups in total. The van der Waals surface area contributed by atoms with E-state index in [4.69, 9.17) is 15.9 Å². The lowest BCUT2D eigenvalue weighted by molar-refractivity contribution is 0.415. The highest BCUT2D eigenvalue weighted by molar-refractivity contribution is 6.01. The van der Waals surface area contributed by atoms with Gasteiger partial charge in [-0.05, 0) is 36.4 Å². The second-order valence-electron chi connectivity index (χ2n) is 4.30. The van der Waals surface area contributed by atoms with Crippen LogP contribution in [-0.2, 0) is 0 Å². The van der Waals surface area contributed by atoms with Crippen molar-refractivity contribution in [2.75, 3.05) is 19.1 Å². The number of nitrogens with zero attached hydrogens (tertiary/aromatic N) is 1. The Morgan fingerprint density at radius 3 is 2.40 bits per heavy atom. The van der Waals surface area contributed by atoms with E-state index in [1.54, 1.807) is 31.2 Å². The number of benzene rings is 2. The summed E-state index contributed by atoms with van der Waals surface area (Å²) in [6.07, 6.45) is 0. The molecule has 0 bridgehead atoms. The third-order valence-electron chi connectivity index (χ3n) is 3.08. The molecule has 5 heteroatoms. The van der Waals surface area contributed by atoms with Crippen LogP contribution in [0.5, 0.6) is 5.75 Å². The number of ether oxygens (including phenoxy) is 1. The van der Waals surface area contributed by atoms with E-state index in [1.807, 2.05) is 24.3 Å². The summed E-state index contributed by atoms with van der Waals surface area (Å²) in [5.41, 5.74) is 6.97. The van der Waals surface area contributed by atoms with Gasteiger partial charge in [-0.25, -0.2) is 4.39 Å². The van der Waals surface area contributed by atoms with E-state index >= 15 is 0 Å². The minimum absolute atomic E-state index is 0.103. The number of rotatable bonds is 4. The van der Waals surface area contributed by atoms with Gasteiger partial charge in [0.2, 0.25) is 0 Å². The molecule has 0 aliphatic heterocycles. The third kappa shape index (κ3) is 2.56. The van der Waals surface area contributed by atoms with E-state index in [9.17, 15) is 4.39 Å². The molecule has 0 aliphatic rings. The SMILES string of the molecule is COc1ccc(N(C)c2cccc(F)c2C(=N)N)cc1. The van der Waals surface area contributed by atoms with Crippen LogP contribution in [0.3, 0.4) is 0 Å². The molecule has 2 rings (SSSR count). The highest BCUT2D eigenvalue weighted by Gasteiger charge is 2.15. The molecule has 0 heterocycles. The Kier molecular flexibility index (Phi) is 3.89. The zero-order valence-electron chi connectivity index (χ0n) is 11.4. The maximum atomic E-state index is 13.8. The van der Waals surface area contributed by atoms with E-state index in [1.165, 1.54) is 6.07 Å². The summed E-state index contributed by atoms with van der Waals surface area (Å²) in [5.74, 6) is -0.0537. The summed E-state index contributed by atoms with van der Waals surface area (Å²) in [6, 6.07) is 12.0. The van der Waals surface area contributed by atoms with Crippen LogP contribution in [0.15, 0.2) is 42.5 Å². The first kappa shape index (κ1) is 13.9. The molecule has 0 fully saturated rings. The van der Waals surface area contributed by atoms with E-state index in [-0.39, 0.29) is 11.4 Å². The van der Waals surface area contributed by atoms with Crippen molar-refractivity contribution in [1.82, 2.24) is 0 Å². The maximum Gasteiger partial charge on any atom is 0.136 e. The van der Waals surface area contributed by atoms with Gasteiger partial charge in [0, 0.05) is 12.7 Å². The highest BCUT2D eigenvalue weighted by atomic mass is 19.1. The predicted octanol–water partition coefficient (Wildman–Crippen LogP) is 2.89. The van der Waals surface area contributed by atoms with Gasteiger partial charge in [0.15, 0.2) is 0 Å². The Bertz CT molecular complexity index is 626. The van der Waals surface area contributed by atoms with Crippen LogP contribution in [0.2, 0.25) is 0 Å². The van der Waals surface area contributed by atoms with Gasteiger partial charge in [0.05, 0.1) is 18.4 Å². The normalized spacial score (nSPS) is 10.2. The average molecular weight is 273 g/mol. The van der Waals surface area contributed by atoms with Gasteiger partial charge in [0.25, 0.3) is 0 Å². The van der Waals surface area contributed by atoms with Gasteiger partial charge in [-0.15, -0.1) is 0 Å². The van der Waals surface area contributed by atoms with Crippen molar-refractivity contribution in [2.45, 2.75) is 0 Å². The fraction of sp³-hybridized carbons (Fsp3) is 0.133. The molecule has 2 aromatic rings. The number of nitrogens with two attached hydrogens (primary N) is 1. The molecule has 0 atom stereocenters. The lowest BCUT2D eigenvalue weighted by atomic mass is 10.1. The molecule has 2 aromatic carbocycles. The zero-order valence-corrected chi connectivity index (χ0v) is 11.4. The smallest absolute Gasteiger partial charge is 0.136 e. The Hall–Kier alpha value is -2.56. The van der Waals surface area contributed by atoms with E-state index in [2.05, 4.69) is 0 Å². The fourth-order valence-electron chi connectivity index (χ4n) is 2.00. The largest absolute Gasteiger partial charge is 0.497 e. The molecule has 104 valence electrons. The molecular weight excluding hydrogens is 257 g/mol. The lowest BCUT2D eigenvalue weighted by Crippen LogP contribution is -2.20. The standard InChI is InChI=1S/C15H16FN3O/c1-19(10-6-8-11(20-2)9-7-10)13-5-3-4-12(16)14(13)15(17)18/h3-9H,1-2H3,(H3,17,18). The topological polar surface area (TPSA) is 62.3 Å². The summed E-state index contributed by atoms with van der Waals surface area (Å²) in [6.45, 7) is 0. The van der Waals surface area contributed by atoms with Crippen LogP contribution in [0, 0.1) is 11.2 Å². The molecule has 0 saturated carbocycles. The molecule has 0 aromatic heterocycles. The Morgan fingerprint density at radius 1 is 1.20 bits per heavy atom. The van der Waals surface area contributed by atoms with Crippen molar-refractivity contribution in [2.24, 2.45) is 5.73 Å². The summed E-state index contributed by atoms with van der Waals surface area (Å²) in [5, 5.41) is 7.53. The first-order valence-electron chi connectivity index (χ1n) is 6.05. The minimum Gasteiger partial charge on any atom is -0.497 e. The Morgan fingerprint density at radius 2 is 1.85 bits per heavy atom. The molecule has 0 amide bonds. The Labute approximate surface area is 117 Å². The van der Waals surface area contributed by atoms with Crippen LogP contribution >= 0.6 is 0 Å². The van der Waals surface area contributed by atoms with E-state index < -0.39 is 5.82 Å². The quantitative estimate of drug-likeness (QED) is 0.665. The van der Waals surface area contributed by atoms with Gasteiger partial charge >= 0.3 is 0 Å². The zero-order chi connectivity index (χ0) is 14.7. The lowest BCUT2D eigenvalue weighted by Gasteiger charge is -2.22. The summed E-state index contributed by atoms with van der Waals surface area (Å²) in [4.78, 5) is 1.78. The first-order chi connectivity index (χ1) is 9.54. The number of nitrogens with one attached hydrogen (secondary N) is 1. The number of hydrogen-bond donors (Lipinski definition) is 2. The van der Waals surface area contributed by atoms with Gasteiger partial charge in [-0.1, -0.05) is 6.07 Å². The molecule has 0 saturated heterocycles. The number of halogens is 1. The maximum absolute atomic E-state index is 13.8. The molecule has 0 radical (unpaired) electrons. The van der Waals surface area contributed by atoms with E-state index in [0.29, 0.717) is 5.69 Å². The van der Waals surface area contributed by atoms with E-state index in [0.717, 1.165) is 11.4 Å². The number of methoxy groups -OCH3 is 1. The molecule has 0 aliphatic carbocycles.